The maximum atomic E-state index is 11.3. The van der Waals surface area contributed by atoms with Crippen LogP contribution in [0.15, 0.2) is 11.3 Å². The minimum atomic E-state index is -0.454. The van der Waals surface area contributed by atoms with Gasteiger partial charge in [-0.2, -0.15) is 0 Å². The maximum absolute atomic E-state index is 11.3. The highest BCUT2D eigenvalue weighted by molar-refractivity contribution is 6.00. The molecule has 0 spiro atoms. The average Bonchev–Trinajstić information content (AvgIpc) is 2.12. The molecule has 0 saturated carbocycles. The second-order valence-electron chi connectivity index (χ2n) is 3.18. The summed E-state index contributed by atoms with van der Waals surface area (Å²) in [7, 11) is 0. The van der Waals surface area contributed by atoms with E-state index in [-0.39, 0.29) is 23.5 Å². The fourth-order valence-corrected chi connectivity index (χ4v) is 1.44. The summed E-state index contributed by atoms with van der Waals surface area (Å²) in [6.07, 6.45) is 1.47. The first kappa shape index (κ1) is 10.8. The molecule has 4 nitrogen and oxygen atoms in total. The number of carbonyl (C=O) groups excluding carboxylic acids is 2. The summed E-state index contributed by atoms with van der Waals surface area (Å²) >= 11 is 0. The summed E-state index contributed by atoms with van der Waals surface area (Å²) in [6.45, 7) is 2.00. The Kier molecular flexibility index (Phi) is 3.68. The molecule has 14 heavy (non-hydrogen) atoms. The molecule has 0 aliphatic heterocycles. The number of hydrogen-bond acceptors (Lipinski definition) is 4. The SMILES string of the molecule is CCOC(=O)CC1=C(O)CCCC1=O. The molecule has 0 aromatic rings. The number of esters is 1. The average molecular weight is 198 g/mol. The lowest BCUT2D eigenvalue weighted by Crippen LogP contribution is -2.16. The highest BCUT2D eigenvalue weighted by Crippen LogP contribution is 2.22. The summed E-state index contributed by atoms with van der Waals surface area (Å²) < 4.78 is 4.70. The molecular formula is C10H14O4. The van der Waals surface area contributed by atoms with Crippen LogP contribution in [0.5, 0.6) is 0 Å². The highest BCUT2D eigenvalue weighted by Gasteiger charge is 2.22. The molecule has 0 aromatic heterocycles. The van der Waals surface area contributed by atoms with Crippen molar-refractivity contribution in [3.63, 3.8) is 0 Å². The number of aliphatic hydroxyl groups excluding tert-OH is 1. The van der Waals surface area contributed by atoms with Crippen LogP contribution in [0.1, 0.15) is 32.6 Å². The lowest BCUT2D eigenvalue weighted by atomic mass is 9.94. The van der Waals surface area contributed by atoms with E-state index in [4.69, 9.17) is 4.74 Å². The van der Waals surface area contributed by atoms with E-state index < -0.39 is 5.97 Å². The van der Waals surface area contributed by atoms with Crippen LogP contribution >= 0.6 is 0 Å². The highest BCUT2D eigenvalue weighted by atomic mass is 16.5. The molecule has 0 atom stereocenters. The number of Topliss-reactive ketones (excluding diaryl/α,β-unsaturated/α-hetero) is 1. The topological polar surface area (TPSA) is 63.6 Å². The first-order valence-electron chi connectivity index (χ1n) is 4.75. The predicted molar refractivity (Wildman–Crippen MR) is 49.8 cm³/mol. The Labute approximate surface area is 82.6 Å². The fraction of sp³-hybridized carbons (Fsp3) is 0.600. The second-order valence-corrected chi connectivity index (χ2v) is 3.18. The lowest BCUT2D eigenvalue weighted by molar-refractivity contribution is -0.143. The zero-order valence-corrected chi connectivity index (χ0v) is 8.21. The van der Waals surface area contributed by atoms with E-state index in [0.717, 1.165) is 0 Å². The minimum Gasteiger partial charge on any atom is -0.512 e. The molecule has 0 saturated heterocycles. The lowest BCUT2D eigenvalue weighted by Gasteiger charge is -2.14. The Balaban J connectivity index is 2.65. The Morgan fingerprint density at radius 3 is 2.79 bits per heavy atom. The molecule has 0 amide bonds. The van der Waals surface area contributed by atoms with E-state index in [1.54, 1.807) is 6.92 Å². The van der Waals surface area contributed by atoms with Crippen LogP contribution in [0.3, 0.4) is 0 Å². The summed E-state index contributed by atoms with van der Waals surface area (Å²) in [5, 5.41) is 9.41. The van der Waals surface area contributed by atoms with Crippen molar-refractivity contribution in [3.05, 3.63) is 11.3 Å². The van der Waals surface area contributed by atoms with Crippen LogP contribution in [-0.2, 0) is 14.3 Å². The monoisotopic (exact) mass is 198 g/mol. The van der Waals surface area contributed by atoms with Crippen LogP contribution < -0.4 is 0 Å². The van der Waals surface area contributed by atoms with E-state index in [1.807, 2.05) is 0 Å². The van der Waals surface area contributed by atoms with Crippen molar-refractivity contribution in [2.24, 2.45) is 0 Å². The number of rotatable bonds is 3. The normalized spacial score (nSPS) is 17.1. The van der Waals surface area contributed by atoms with Gasteiger partial charge in [0.15, 0.2) is 5.78 Å². The molecule has 1 aliphatic rings. The molecule has 0 unspecified atom stereocenters. The van der Waals surface area contributed by atoms with Crippen LogP contribution in [-0.4, -0.2) is 23.5 Å². The van der Waals surface area contributed by atoms with Gasteiger partial charge in [-0.25, -0.2) is 0 Å². The predicted octanol–water partition coefficient (Wildman–Crippen LogP) is 1.50. The van der Waals surface area contributed by atoms with Crippen molar-refractivity contribution < 1.29 is 19.4 Å². The van der Waals surface area contributed by atoms with E-state index in [1.165, 1.54) is 0 Å². The number of hydrogen-bond donors (Lipinski definition) is 1. The molecule has 0 aromatic carbocycles. The van der Waals surface area contributed by atoms with Crippen LogP contribution in [0.2, 0.25) is 0 Å². The molecule has 1 rings (SSSR count). The third-order valence-electron chi connectivity index (χ3n) is 2.13. The number of aliphatic hydroxyl groups is 1. The van der Waals surface area contributed by atoms with Gasteiger partial charge < -0.3 is 9.84 Å². The first-order chi connectivity index (χ1) is 6.65. The Morgan fingerprint density at radius 2 is 2.21 bits per heavy atom. The van der Waals surface area contributed by atoms with Crippen molar-refractivity contribution >= 4 is 11.8 Å². The Morgan fingerprint density at radius 1 is 1.50 bits per heavy atom. The number of ether oxygens (including phenoxy) is 1. The van der Waals surface area contributed by atoms with E-state index in [0.29, 0.717) is 25.9 Å². The van der Waals surface area contributed by atoms with Gasteiger partial charge in [-0.3, -0.25) is 9.59 Å². The van der Waals surface area contributed by atoms with Gasteiger partial charge in [-0.1, -0.05) is 0 Å². The number of allylic oxidation sites excluding steroid dienone is 1. The van der Waals surface area contributed by atoms with Crippen molar-refractivity contribution in [2.75, 3.05) is 6.61 Å². The van der Waals surface area contributed by atoms with Gasteiger partial charge in [0.05, 0.1) is 18.8 Å². The van der Waals surface area contributed by atoms with Gasteiger partial charge in [0, 0.05) is 18.4 Å². The summed E-state index contributed by atoms with van der Waals surface area (Å²) in [5.41, 5.74) is 0.231. The molecule has 1 aliphatic carbocycles. The third-order valence-corrected chi connectivity index (χ3v) is 2.13. The van der Waals surface area contributed by atoms with Gasteiger partial charge in [-0.05, 0) is 13.3 Å². The third kappa shape index (κ3) is 2.58. The molecule has 0 heterocycles. The zero-order chi connectivity index (χ0) is 10.6. The molecule has 0 bridgehead atoms. The van der Waals surface area contributed by atoms with Crippen LogP contribution in [0, 0.1) is 0 Å². The van der Waals surface area contributed by atoms with E-state index >= 15 is 0 Å². The van der Waals surface area contributed by atoms with Gasteiger partial charge in [0.1, 0.15) is 0 Å². The standard InChI is InChI=1S/C10H14O4/c1-2-14-10(13)6-7-8(11)4-3-5-9(7)12/h11H,2-6H2,1H3. The van der Waals surface area contributed by atoms with Crippen molar-refractivity contribution in [3.8, 4) is 0 Å². The van der Waals surface area contributed by atoms with E-state index in [9.17, 15) is 14.7 Å². The zero-order valence-electron chi connectivity index (χ0n) is 8.21. The Hall–Kier alpha value is -1.32. The molecule has 0 radical (unpaired) electrons. The number of carbonyl (C=O) groups is 2. The Bertz CT molecular complexity index is 278. The molecule has 4 heteroatoms. The quantitative estimate of drug-likeness (QED) is 0.698. The van der Waals surface area contributed by atoms with Crippen molar-refractivity contribution in [2.45, 2.75) is 32.6 Å². The molecule has 1 N–H and O–H groups in total. The van der Waals surface area contributed by atoms with Gasteiger partial charge in [0.2, 0.25) is 0 Å². The number of ketones is 1. The van der Waals surface area contributed by atoms with E-state index in [2.05, 4.69) is 0 Å². The van der Waals surface area contributed by atoms with Gasteiger partial charge >= 0.3 is 5.97 Å². The van der Waals surface area contributed by atoms with Crippen LogP contribution in [0.4, 0.5) is 0 Å². The summed E-state index contributed by atoms with van der Waals surface area (Å²) in [5.74, 6) is -0.541. The summed E-state index contributed by atoms with van der Waals surface area (Å²) in [6, 6.07) is 0. The largest absolute Gasteiger partial charge is 0.512 e. The molecule has 78 valence electrons. The maximum Gasteiger partial charge on any atom is 0.310 e. The smallest absolute Gasteiger partial charge is 0.310 e. The first-order valence-corrected chi connectivity index (χ1v) is 4.75. The minimum absolute atomic E-state index is 0.0503. The van der Waals surface area contributed by atoms with Gasteiger partial charge in [-0.15, -0.1) is 0 Å². The second kappa shape index (κ2) is 4.79. The van der Waals surface area contributed by atoms with Crippen LogP contribution in [0.25, 0.3) is 0 Å². The molecule has 0 fully saturated rings. The van der Waals surface area contributed by atoms with Crippen molar-refractivity contribution in [1.29, 1.82) is 0 Å². The van der Waals surface area contributed by atoms with Gasteiger partial charge in [0.25, 0.3) is 0 Å². The van der Waals surface area contributed by atoms with Crippen molar-refractivity contribution in [1.82, 2.24) is 0 Å². The summed E-state index contributed by atoms with van der Waals surface area (Å²) in [4.78, 5) is 22.4. The molecular weight excluding hydrogens is 184 g/mol. The fourth-order valence-electron chi connectivity index (χ4n) is 1.44.